The third-order valence-electron chi connectivity index (χ3n) is 3.93. The van der Waals surface area contributed by atoms with Crippen molar-refractivity contribution in [3.05, 3.63) is 35.9 Å². The lowest BCUT2D eigenvalue weighted by Gasteiger charge is -2.21. The molecular formula is C15H20N2O. The number of hydrogen-bond acceptors (Lipinski definition) is 2. The molecule has 1 heterocycles. The van der Waals surface area contributed by atoms with Crippen LogP contribution in [0.2, 0.25) is 0 Å². The van der Waals surface area contributed by atoms with Gasteiger partial charge in [0.25, 0.3) is 0 Å². The summed E-state index contributed by atoms with van der Waals surface area (Å²) in [5.41, 5.74) is 1.24. The Morgan fingerprint density at radius 3 is 2.61 bits per heavy atom. The molecule has 1 saturated heterocycles. The van der Waals surface area contributed by atoms with Crippen molar-refractivity contribution >= 4 is 5.91 Å². The topological polar surface area (TPSA) is 41.1 Å². The lowest BCUT2D eigenvalue weighted by Crippen LogP contribution is -2.42. The third kappa shape index (κ3) is 2.56. The molecule has 0 aromatic heterocycles. The summed E-state index contributed by atoms with van der Waals surface area (Å²) in [5, 5.41) is 6.50. The second-order valence-corrected chi connectivity index (χ2v) is 5.38. The van der Waals surface area contributed by atoms with E-state index >= 15 is 0 Å². The monoisotopic (exact) mass is 244 g/mol. The summed E-state index contributed by atoms with van der Waals surface area (Å²) in [7, 11) is 0. The minimum absolute atomic E-state index is 0.0231. The molecule has 0 radical (unpaired) electrons. The maximum absolute atomic E-state index is 12.2. The zero-order valence-corrected chi connectivity index (χ0v) is 10.6. The van der Waals surface area contributed by atoms with Crippen molar-refractivity contribution in [1.82, 2.24) is 10.6 Å². The van der Waals surface area contributed by atoms with E-state index in [9.17, 15) is 4.79 Å². The molecule has 18 heavy (non-hydrogen) atoms. The fourth-order valence-electron chi connectivity index (χ4n) is 2.73. The van der Waals surface area contributed by atoms with Crippen LogP contribution in [0.5, 0.6) is 0 Å². The van der Waals surface area contributed by atoms with Gasteiger partial charge < -0.3 is 10.6 Å². The summed E-state index contributed by atoms with van der Waals surface area (Å²) in [6, 6.07) is 10.6. The normalized spacial score (nSPS) is 24.8. The smallest absolute Gasteiger partial charge is 0.237 e. The maximum atomic E-state index is 12.2. The number of carbonyl (C=O) groups is 1. The van der Waals surface area contributed by atoms with Gasteiger partial charge in [0.2, 0.25) is 5.91 Å². The van der Waals surface area contributed by atoms with Crippen LogP contribution in [-0.4, -0.2) is 18.5 Å². The molecule has 3 nitrogen and oxygen atoms in total. The van der Waals surface area contributed by atoms with E-state index in [2.05, 4.69) is 22.8 Å². The zero-order chi connectivity index (χ0) is 12.4. The predicted molar refractivity (Wildman–Crippen MR) is 71.1 cm³/mol. The second-order valence-electron chi connectivity index (χ2n) is 5.38. The first-order valence-corrected chi connectivity index (χ1v) is 6.93. The molecule has 2 N–H and O–H groups in total. The summed E-state index contributed by atoms with van der Waals surface area (Å²) in [6.45, 7) is 0.970. The van der Waals surface area contributed by atoms with E-state index in [-0.39, 0.29) is 18.0 Å². The largest absolute Gasteiger partial charge is 0.348 e. The minimum atomic E-state index is 0.0231. The molecule has 1 aromatic rings. The van der Waals surface area contributed by atoms with Gasteiger partial charge in [0, 0.05) is 0 Å². The van der Waals surface area contributed by atoms with Crippen LogP contribution < -0.4 is 10.6 Å². The van der Waals surface area contributed by atoms with Gasteiger partial charge in [0.15, 0.2) is 0 Å². The molecule has 2 atom stereocenters. The van der Waals surface area contributed by atoms with Crippen LogP contribution in [0.1, 0.15) is 37.3 Å². The van der Waals surface area contributed by atoms with Gasteiger partial charge in [0.05, 0.1) is 12.1 Å². The first-order chi connectivity index (χ1) is 8.84. The van der Waals surface area contributed by atoms with Crippen molar-refractivity contribution in [1.29, 1.82) is 0 Å². The highest BCUT2D eigenvalue weighted by Gasteiger charge is 2.34. The lowest BCUT2D eigenvalue weighted by atomic mass is 10.0. The number of amides is 1. The molecule has 1 aliphatic heterocycles. The number of carbonyl (C=O) groups excluding carboxylic acids is 1. The Morgan fingerprint density at radius 2 is 2.00 bits per heavy atom. The van der Waals surface area contributed by atoms with E-state index in [1.165, 1.54) is 18.4 Å². The average molecular weight is 244 g/mol. The van der Waals surface area contributed by atoms with Crippen LogP contribution in [-0.2, 0) is 4.79 Å². The van der Waals surface area contributed by atoms with Crippen LogP contribution in [0.4, 0.5) is 0 Å². The summed E-state index contributed by atoms with van der Waals surface area (Å²) < 4.78 is 0. The lowest BCUT2D eigenvalue weighted by molar-refractivity contribution is -0.123. The Kier molecular flexibility index (Phi) is 3.33. The quantitative estimate of drug-likeness (QED) is 0.850. The van der Waals surface area contributed by atoms with E-state index in [4.69, 9.17) is 0 Å². The van der Waals surface area contributed by atoms with Gasteiger partial charge in [-0.1, -0.05) is 30.3 Å². The van der Waals surface area contributed by atoms with E-state index in [1.807, 2.05) is 18.2 Å². The SMILES string of the molecule is O=C(NC(c1ccccc1)C1CC1)[C@H]1CCCN1. The summed E-state index contributed by atoms with van der Waals surface area (Å²) in [4.78, 5) is 12.2. The fraction of sp³-hybridized carbons (Fsp3) is 0.533. The number of benzene rings is 1. The highest BCUT2D eigenvalue weighted by atomic mass is 16.2. The zero-order valence-electron chi connectivity index (χ0n) is 10.6. The predicted octanol–water partition coefficient (Wildman–Crippen LogP) is 2.01. The van der Waals surface area contributed by atoms with Crippen molar-refractivity contribution < 1.29 is 4.79 Å². The van der Waals surface area contributed by atoms with Gasteiger partial charge >= 0.3 is 0 Å². The summed E-state index contributed by atoms with van der Waals surface area (Å²) in [6.07, 6.45) is 4.55. The molecule has 3 heteroatoms. The number of nitrogens with one attached hydrogen (secondary N) is 2. The highest BCUT2D eigenvalue weighted by molar-refractivity contribution is 5.82. The Morgan fingerprint density at radius 1 is 1.22 bits per heavy atom. The van der Waals surface area contributed by atoms with Crippen LogP contribution in [0, 0.1) is 5.92 Å². The third-order valence-corrected chi connectivity index (χ3v) is 3.93. The average Bonchev–Trinajstić information content (AvgIpc) is 3.10. The molecule has 1 amide bonds. The maximum Gasteiger partial charge on any atom is 0.237 e. The molecule has 0 spiro atoms. The van der Waals surface area contributed by atoms with Crippen molar-refractivity contribution in [2.24, 2.45) is 5.92 Å². The van der Waals surface area contributed by atoms with E-state index < -0.39 is 0 Å². The van der Waals surface area contributed by atoms with Crippen molar-refractivity contribution in [2.45, 2.75) is 37.8 Å². The molecule has 3 rings (SSSR count). The molecule has 1 aliphatic carbocycles. The van der Waals surface area contributed by atoms with Crippen molar-refractivity contribution in [2.75, 3.05) is 6.54 Å². The number of hydrogen-bond donors (Lipinski definition) is 2. The molecular weight excluding hydrogens is 224 g/mol. The van der Waals surface area contributed by atoms with Crippen molar-refractivity contribution in [3.63, 3.8) is 0 Å². The van der Waals surface area contributed by atoms with Gasteiger partial charge in [-0.3, -0.25) is 4.79 Å². The van der Waals surface area contributed by atoms with Crippen LogP contribution in [0.25, 0.3) is 0 Å². The first-order valence-electron chi connectivity index (χ1n) is 6.93. The van der Waals surface area contributed by atoms with Gasteiger partial charge in [-0.15, -0.1) is 0 Å². The Labute approximate surface area is 108 Å². The fourth-order valence-corrected chi connectivity index (χ4v) is 2.73. The number of rotatable bonds is 4. The molecule has 0 bridgehead atoms. The van der Waals surface area contributed by atoms with Crippen molar-refractivity contribution in [3.8, 4) is 0 Å². The molecule has 2 aliphatic rings. The first kappa shape index (κ1) is 11.7. The Bertz CT molecular complexity index is 408. The molecule has 1 aromatic carbocycles. The second kappa shape index (κ2) is 5.11. The van der Waals surface area contributed by atoms with E-state index in [0.29, 0.717) is 5.92 Å². The standard InChI is InChI=1S/C15H20N2O/c18-15(13-7-4-10-16-13)17-14(12-8-9-12)11-5-2-1-3-6-11/h1-3,5-6,12-14,16H,4,7-10H2,(H,17,18)/t13-,14?/m1/s1. The molecule has 1 saturated carbocycles. The van der Waals surface area contributed by atoms with Crippen LogP contribution >= 0.6 is 0 Å². The van der Waals surface area contributed by atoms with Crippen LogP contribution in [0.15, 0.2) is 30.3 Å². The van der Waals surface area contributed by atoms with E-state index in [0.717, 1.165) is 19.4 Å². The highest BCUT2D eigenvalue weighted by Crippen LogP contribution is 2.41. The van der Waals surface area contributed by atoms with E-state index in [1.54, 1.807) is 0 Å². The van der Waals surface area contributed by atoms with Gasteiger partial charge in [-0.2, -0.15) is 0 Å². The minimum Gasteiger partial charge on any atom is -0.348 e. The summed E-state index contributed by atoms with van der Waals surface area (Å²) >= 11 is 0. The molecule has 1 unspecified atom stereocenters. The Hall–Kier alpha value is -1.35. The van der Waals surface area contributed by atoms with Gasteiger partial charge in [-0.25, -0.2) is 0 Å². The Balaban J connectivity index is 1.69. The summed E-state index contributed by atoms with van der Waals surface area (Å²) in [5.74, 6) is 0.811. The molecule has 96 valence electrons. The van der Waals surface area contributed by atoms with Gasteiger partial charge in [-0.05, 0) is 43.7 Å². The molecule has 2 fully saturated rings. The van der Waals surface area contributed by atoms with Crippen LogP contribution in [0.3, 0.4) is 0 Å². The van der Waals surface area contributed by atoms with Gasteiger partial charge in [0.1, 0.15) is 0 Å².